The Labute approximate surface area is 89.3 Å². The smallest absolute Gasteiger partial charge is 0.150 e. The minimum Gasteiger partial charge on any atom is -0.392 e. The highest BCUT2D eigenvalue weighted by atomic mass is 16.3. The van der Waals surface area contributed by atoms with E-state index in [1.165, 1.54) is 5.56 Å². The number of hydrogen-bond donors (Lipinski definition) is 1. The zero-order chi connectivity index (χ0) is 10.7. The summed E-state index contributed by atoms with van der Waals surface area (Å²) >= 11 is 0. The number of nitrogens with zero attached hydrogens (tertiary/aromatic N) is 1. The van der Waals surface area contributed by atoms with Gasteiger partial charge >= 0.3 is 0 Å². The zero-order valence-electron chi connectivity index (χ0n) is 8.60. The molecule has 0 spiro atoms. The Hall–Kier alpha value is -1.19. The summed E-state index contributed by atoms with van der Waals surface area (Å²) in [4.78, 5) is 12.7. The summed E-state index contributed by atoms with van der Waals surface area (Å²) in [5.74, 6) is 0. The van der Waals surface area contributed by atoms with Crippen LogP contribution in [-0.2, 0) is 6.54 Å². The topological polar surface area (TPSA) is 40.5 Å². The molecule has 1 unspecified atom stereocenters. The molecule has 3 nitrogen and oxygen atoms in total. The Balaban J connectivity index is 1.96. The van der Waals surface area contributed by atoms with E-state index in [-0.39, 0.29) is 6.10 Å². The number of rotatable bonds is 3. The average molecular weight is 205 g/mol. The summed E-state index contributed by atoms with van der Waals surface area (Å²) in [6.07, 6.45) is 1.55. The van der Waals surface area contributed by atoms with Gasteiger partial charge in [-0.3, -0.25) is 9.69 Å². The predicted octanol–water partition coefficient (Wildman–Crippen LogP) is 1.07. The number of aliphatic hydroxyl groups excluding tert-OH is 1. The van der Waals surface area contributed by atoms with Gasteiger partial charge in [0.05, 0.1) is 6.10 Å². The van der Waals surface area contributed by atoms with Crippen molar-refractivity contribution in [3.05, 3.63) is 35.4 Å². The first kappa shape index (κ1) is 10.3. The maximum Gasteiger partial charge on any atom is 0.150 e. The van der Waals surface area contributed by atoms with E-state index in [9.17, 15) is 9.90 Å². The summed E-state index contributed by atoms with van der Waals surface area (Å²) in [5, 5.41) is 9.37. The summed E-state index contributed by atoms with van der Waals surface area (Å²) in [5.41, 5.74) is 1.90. The molecule has 0 aromatic heterocycles. The van der Waals surface area contributed by atoms with Gasteiger partial charge in [0.15, 0.2) is 0 Å². The lowest BCUT2D eigenvalue weighted by Gasteiger charge is -2.14. The van der Waals surface area contributed by atoms with Crippen LogP contribution in [0.25, 0.3) is 0 Å². The van der Waals surface area contributed by atoms with E-state index in [2.05, 4.69) is 4.90 Å². The maximum atomic E-state index is 10.5. The second kappa shape index (κ2) is 4.55. The lowest BCUT2D eigenvalue weighted by Crippen LogP contribution is -2.21. The SMILES string of the molecule is O=Cc1ccc(CN2CCC(O)C2)cc1. The molecule has 0 radical (unpaired) electrons. The molecule has 1 aliphatic heterocycles. The average Bonchev–Trinajstić information content (AvgIpc) is 2.65. The number of aldehydes is 1. The number of aliphatic hydroxyl groups is 1. The van der Waals surface area contributed by atoms with Gasteiger partial charge in [-0.25, -0.2) is 0 Å². The molecule has 1 aliphatic rings. The molecule has 1 fully saturated rings. The molecule has 2 rings (SSSR count). The molecule has 1 atom stereocenters. The molecule has 0 saturated carbocycles. The lowest BCUT2D eigenvalue weighted by molar-refractivity contribution is 0.112. The Bertz CT molecular complexity index is 334. The lowest BCUT2D eigenvalue weighted by atomic mass is 10.1. The molecule has 1 aromatic carbocycles. The van der Waals surface area contributed by atoms with Crippen LogP contribution in [0, 0.1) is 0 Å². The first-order chi connectivity index (χ1) is 7.28. The van der Waals surface area contributed by atoms with E-state index >= 15 is 0 Å². The Kier molecular flexibility index (Phi) is 3.14. The van der Waals surface area contributed by atoms with Gasteiger partial charge in [0.2, 0.25) is 0 Å². The van der Waals surface area contributed by atoms with E-state index in [0.717, 1.165) is 32.3 Å². The van der Waals surface area contributed by atoms with Crippen molar-refractivity contribution in [2.24, 2.45) is 0 Å². The third kappa shape index (κ3) is 2.64. The van der Waals surface area contributed by atoms with Crippen molar-refractivity contribution in [3.8, 4) is 0 Å². The van der Waals surface area contributed by atoms with Crippen LogP contribution in [0.15, 0.2) is 24.3 Å². The normalized spacial score (nSPS) is 21.8. The highest BCUT2D eigenvalue weighted by molar-refractivity contribution is 5.74. The third-order valence-electron chi connectivity index (χ3n) is 2.77. The van der Waals surface area contributed by atoms with Crippen LogP contribution >= 0.6 is 0 Å². The molecule has 80 valence electrons. The van der Waals surface area contributed by atoms with Gasteiger partial charge in [-0.15, -0.1) is 0 Å². The van der Waals surface area contributed by atoms with Gasteiger partial charge in [0, 0.05) is 25.2 Å². The minimum atomic E-state index is -0.167. The van der Waals surface area contributed by atoms with Gasteiger partial charge < -0.3 is 5.11 Å². The second-order valence-corrected chi connectivity index (χ2v) is 4.04. The van der Waals surface area contributed by atoms with Crippen molar-refractivity contribution in [2.75, 3.05) is 13.1 Å². The summed E-state index contributed by atoms with van der Waals surface area (Å²) in [6.45, 7) is 2.57. The molecule has 0 bridgehead atoms. The van der Waals surface area contributed by atoms with Gasteiger partial charge in [-0.1, -0.05) is 24.3 Å². The minimum absolute atomic E-state index is 0.167. The number of hydrogen-bond acceptors (Lipinski definition) is 3. The molecular weight excluding hydrogens is 190 g/mol. The second-order valence-electron chi connectivity index (χ2n) is 4.04. The molecule has 15 heavy (non-hydrogen) atoms. The standard InChI is InChI=1S/C12H15NO2/c14-9-11-3-1-10(2-4-11)7-13-6-5-12(15)8-13/h1-4,9,12,15H,5-8H2. The van der Waals surface area contributed by atoms with Gasteiger partial charge in [0.1, 0.15) is 6.29 Å². The van der Waals surface area contributed by atoms with Crippen molar-refractivity contribution in [1.82, 2.24) is 4.90 Å². The molecular formula is C12H15NO2. The summed E-state index contributed by atoms with van der Waals surface area (Å²) in [6, 6.07) is 7.59. The first-order valence-electron chi connectivity index (χ1n) is 5.22. The van der Waals surface area contributed by atoms with Crippen LogP contribution in [0.1, 0.15) is 22.3 Å². The maximum absolute atomic E-state index is 10.5. The molecule has 1 heterocycles. The molecule has 1 aromatic rings. The van der Waals surface area contributed by atoms with Crippen LogP contribution in [0.3, 0.4) is 0 Å². The highest BCUT2D eigenvalue weighted by Crippen LogP contribution is 2.13. The van der Waals surface area contributed by atoms with E-state index < -0.39 is 0 Å². The van der Waals surface area contributed by atoms with E-state index in [0.29, 0.717) is 5.56 Å². The number of carbonyl (C=O) groups is 1. The van der Waals surface area contributed by atoms with Gasteiger partial charge in [-0.05, 0) is 12.0 Å². The number of benzene rings is 1. The summed E-state index contributed by atoms with van der Waals surface area (Å²) in [7, 11) is 0. The van der Waals surface area contributed by atoms with Crippen molar-refractivity contribution >= 4 is 6.29 Å². The monoisotopic (exact) mass is 205 g/mol. The van der Waals surface area contributed by atoms with Crippen LogP contribution in [0.5, 0.6) is 0 Å². The zero-order valence-corrected chi connectivity index (χ0v) is 8.60. The number of β-amino-alcohol motifs (C(OH)–C–C–N with tert-alkyl or cyclic N) is 1. The predicted molar refractivity (Wildman–Crippen MR) is 57.7 cm³/mol. The Morgan fingerprint density at radius 1 is 1.40 bits per heavy atom. The third-order valence-corrected chi connectivity index (χ3v) is 2.77. The molecule has 1 saturated heterocycles. The molecule has 3 heteroatoms. The van der Waals surface area contributed by atoms with Gasteiger partial charge in [0.25, 0.3) is 0 Å². The number of likely N-dealkylation sites (tertiary alicyclic amines) is 1. The van der Waals surface area contributed by atoms with Crippen LogP contribution in [0.2, 0.25) is 0 Å². The fraction of sp³-hybridized carbons (Fsp3) is 0.417. The van der Waals surface area contributed by atoms with Crippen LogP contribution in [0.4, 0.5) is 0 Å². The Morgan fingerprint density at radius 2 is 2.13 bits per heavy atom. The van der Waals surface area contributed by atoms with Crippen molar-refractivity contribution in [1.29, 1.82) is 0 Å². The first-order valence-corrected chi connectivity index (χ1v) is 5.22. The fourth-order valence-electron chi connectivity index (χ4n) is 1.92. The van der Waals surface area contributed by atoms with E-state index in [1.54, 1.807) is 0 Å². The van der Waals surface area contributed by atoms with Crippen molar-refractivity contribution < 1.29 is 9.90 Å². The highest BCUT2D eigenvalue weighted by Gasteiger charge is 2.19. The van der Waals surface area contributed by atoms with Crippen LogP contribution in [-0.4, -0.2) is 35.5 Å². The van der Waals surface area contributed by atoms with Crippen molar-refractivity contribution in [3.63, 3.8) is 0 Å². The quantitative estimate of drug-likeness (QED) is 0.750. The summed E-state index contributed by atoms with van der Waals surface area (Å²) < 4.78 is 0. The van der Waals surface area contributed by atoms with E-state index in [1.807, 2.05) is 24.3 Å². The molecule has 0 amide bonds. The van der Waals surface area contributed by atoms with Crippen molar-refractivity contribution in [2.45, 2.75) is 19.1 Å². The van der Waals surface area contributed by atoms with Crippen LogP contribution < -0.4 is 0 Å². The van der Waals surface area contributed by atoms with E-state index in [4.69, 9.17) is 0 Å². The number of carbonyl (C=O) groups excluding carboxylic acids is 1. The van der Waals surface area contributed by atoms with Gasteiger partial charge in [-0.2, -0.15) is 0 Å². The largest absolute Gasteiger partial charge is 0.392 e. The Morgan fingerprint density at radius 3 is 2.67 bits per heavy atom. The molecule has 1 N–H and O–H groups in total. The fourth-order valence-corrected chi connectivity index (χ4v) is 1.92. The molecule has 0 aliphatic carbocycles.